The number of rotatable bonds is 9. The molecular formula is C21H28ClF3N2O3S. The first-order valence-electron chi connectivity index (χ1n) is 9.72. The quantitative estimate of drug-likeness (QED) is 0.296. The molecule has 2 unspecified atom stereocenters. The van der Waals surface area contributed by atoms with Crippen LogP contribution >= 0.6 is 11.6 Å². The van der Waals surface area contributed by atoms with Crippen molar-refractivity contribution in [3.63, 3.8) is 0 Å². The summed E-state index contributed by atoms with van der Waals surface area (Å²) in [6, 6.07) is 0. The highest BCUT2D eigenvalue weighted by Gasteiger charge is 2.42. The van der Waals surface area contributed by atoms with Gasteiger partial charge in [-0.25, -0.2) is 9.19 Å². The van der Waals surface area contributed by atoms with Crippen molar-refractivity contribution in [3.05, 3.63) is 22.0 Å². The Morgan fingerprint density at radius 1 is 1.39 bits per heavy atom. The van der Waals surface area contributed by atoms with Crippen LogP contribution in [0.5, 0.6) is 5.75 Å². The maximum absolute atomic E-state index is 13.1. The van der Waals surface area contributed by atoms with E-state index in [-0.39, 0.29) is 29.5 Å². The SMILES string of the molecule is C#CCCC(COc1c(Cl)nc(C(O)C(F)(F)F)c(CCC)c1C)=NS(=O)C(C)(C)C. The van der Waals surface area contributed by atoms with Crippen LogP contribution in [0.15, 0.2) is 4.40 Å². The fraction of sp³-hybridized carbons (Fsp3) is 0.619. The second-order valence-electron chi connectivity index (χ2n) is 7.93. The minimum atomic E-state index is -4.88. The van der Waals surface area contributed by atoms with Crippen LogP contribution in [0.3, 0.4) is 0 Å². The molecule has 0 spiro atoms. The molecule has 2 atom stereocenters. The first-order chi connectivity index (χ1) is 14.2. The van der Waals surface area contributed by atoms with Crippen LogP contribution in [0.2, 0.25) is 5.15 Å². The molecule has 0 radical (unpaired) electrons. The van der Waals surface area contributed by atoms with E-state index in [0.717, 1.165) is 0 Å². The first kappa shape index (κ1) is 27.4. The standard InChI is InChI=1S/C21H28ClF3N2O3S/c1-7-9-11-14(27-31(29)20(4,5)6)12-30-17-13(3)15(10-8-2)16(26-19(17)22)18(28)21(23,24)25/h1,18,28H,8-12H2,2-6H3. The van der Waals surface area contributed by atoms with E-state index in [4.69, 9.17) is 22.8 Å². The van der Waals surface area contributed by atoms with Crippen molar-refractivity contribution in [1.29, 1.82) is 0 Å². The summed E-state index contributed by atoms with van der Waals surface area (Å²) in [5.74, 6) is 2.58. The van der Waals surface area contributed by atoms with Gasteiger partial charge in [-0.2, -0.15) is 17.6 Å². The molecule has 0 bridgehead atoms. The van der Waals surface area contributed by atoms with Crippen molar-refractivity contribution in [1.82, 2.24) is 4.98 Å². The van der Waals surface area contributed by atoms with Gasteiger partial charge in [0.2, 0.25) is 0 Å². The van der Waals surface area contributed by atoms with Gasteiger partial charge in [0.1, 0.15) is 17.6 Å². The number of nitrogens with zero attached hydrogens (tertiary/aromatic N) is 2. The van der Waals surface area contributed by atoms with E-state index in [1.807, 2.05) is 0 Å². The number of hydrogen-bond donors (Lipinski definition) is 1. The van der Waals surface area contributed by atoms with Gasteiger partial charge in [-0.1, -0.05) is 24.9 Å². The zero-order chi connectivity index (χ0) is 24.0. The Hall–Kier alpha value is -1.63. The van der Waals surface area contributed by atoms with E-state index in [9.17, 15) is 22.5 Å². The Morgan fingerprint density at radius 2 is 2.00 bits per heavy atom. The van der Waals surface area contributed by atoms with Gasteiger partial charge in [0.25, 0.3) is 0 Å². The molecule has 31 heavy (non-hydrogen) atoms. The third-order valence-electron chi connectivity index (χ3n) is 4.25. The van der Waals surface area contributed by atoms with Crippen molar-refractivity contribution < 1.29 is 27.2 Å². The molecule has 1 N–H and O–H groups in total. The fourth-order valence-electron chi connectivity index (χ4n) is 2.59. The highest BCUT2D eigenvalue weighted by molar-refractivity contribution is 7.85. The Morgan fingerprint density at radius 3 is 2.48 bits per heavy atom. The summed E-state index contributed by atoms with van der Waals surface area (Å²) < 4.78 is 61.0. The van der Waals surface area contributed by atoms with Gasteiger partial charge < -0.3 is 9.84 Å². The molecule has 0 saturated carbocycles. The van der Waals surface area contributed by atoms with Crippen LogP contribution in [0.4, 0.5) is 13.2 Å². The minimum Gasteiger partial charge on any atom is -0.484 e. The van der Waals surface area contributed by atoms with Crippen LogP contribution in [0.1, 0.15) is 69.9 Å². The van der Waals surface area contributed by atoms with E-state index in [2.05, 4.69) is 15.3 Å². The second kappa shape index (κ2) is 11.3. The molecule has 1 rings (SSSR count). The number of halogens is 4. The first-order valence-corrected chi connectivity index (χ1v) is 11.2. The Kier molecular flexibility index (Phi) is 9.99. The number of alkyl halides is 3. The third kappa shape index (κ3) is 7.78. The highest BCUT2D eigenvalue weighted by Crippen LogP contribution is 2.39. The Labute approximate surface area is 189 Å². The van der Waals surface area contributed by atoms with Crippen molar-refractivity contribution in [2.75, 3.05) is 6.61 Å². The van der Waals surface area contributed by atoms with Crippen LogP contribution in [0, 0.1) is 19.3 Å². The topological polar surface area (TPSA) is 71.8 Å². The minimum absolute atomic E-state index is 0.0955. The van der Waals surface area contributed by atoms with E-state index >= 15 is 0 Å². The average Bonchev–Trinajstić information content (AvgIpc) is 2.65. The maximum atomic E-state index is 13.1. The van der Waals surface area contributed by atoms with Gasteiger partial charge in [-0.05, 0) is 45.2 Å². The van der Waals surface area contributed by atoms with Gasteiger partial charge in [0, 0.05) is 12.8 Å². The predicted molar refractivity (Wildman–Crippen MR) is 118 cm³/mol. The van der Waals surface area contributed by atoms with E-state index in [1.165, 1.54) is 0 Å². The lowest BCUT2D eigenvalue weighted by molar-refractivity contribution is -0.208. The number of terminal acetylenes is 1. The summed E-state index contributed by atoms with van der Waals surface area (Å²) in [6.45, 7) is 8.59. The van der Waals surface area contributed by atoms with Crippen LogP contribution in [-0.2, 0) is 17.4 Å². The molecule has 0 saturated heterocycles. The lowest BCUT2D eigenvalue weighted by atomic mass is 9.99. The molecule has 1 aromatic heterocycles. The molecule has 0 amide bonds. The van der Waals surface area contributed by atoms with Gasteiger partial charge >= 0.3 is 6.18 Å². The average molecular weight is 481 g/mol. The molecule has 5 nitrogen and oxygen atoms in total. The Balaban J connectivity index is 3.33. The molecule has 0 fully saturated rings. The number of aromatic nitrogens is 1. The molecule has 10 heteroatoms. The zero-order valence-electron chi connectivity index (χ0n) is 18.3. The van der Waals surface area contributed by atoms with Crippen molar-refractivity contribution in [2.24, 2.45) is 4.40 Å². The van der Waals surface area contributed by atoms with Crippen LogP contribution < -0.4 is 4.74 Å². The summed E-state index contributed by atoms with van der Waals surface area (Å²) in [6.07, 6.45) is -0.835. The number of hydrogen-bond acceptors (Lipinski definition) is 4. The second-order valence-corrected chi connectivity index (χ2v) is 10.2. The largest absolute Gasteiger partial charge is 0.484 e. The van der Waals surface area contributed by atoms with Crippen molar-refractivity contribution in [2.45, 2.75) is 77.3 Å². The summed E-state index contributed by atoms with van der Waals surface area (Å²) in [4.78, 5) is 3.80. The van der Waals surface area contributed by atoms with Crippen LogP contribution in [-0.4, -0.2) is 37.5 Å². The number of aliphatic hydroxyl groups is 1. The summed E-state index contributed by atoms with van der Waals surface area (Å²) in [7, 11) is -1.53. The van der Waals surface area contributed by atoms with Gasteiger partial charge in [0.15, 0.2) is 17.0 Å². The molecule has 0 aliphatic carbocycles. The number of ether oxygens (including phenoxy) is 1. The number of aliphatic hydroxyl groups excluding tert-OH is 1. The van der Waals surface area contributed by atoms with E-state index in [0.29, 0.717) is 30.5 Å². The van der Waals surface area contributed by atoms with Crippen molar-refractivity contribution in [3.8, 4) is 18.1 Å². The summed E-state index contributed by atoms with van der Waals surface area (Å²) in [5, 5.41) is 9.43. The van der Waals surface area contributed by atoms with Crippen LogP contribution in [0.25, 0.3) is 0 Å². The number of pyridine rings is 1. The van der Waals surface area contributed by atoms with Gasteiger partial charge in [-0.15, -0.1) is 12.3 Å². The lowest BCUT2D eigenvalue weighted by Crippen LogP contribution is -2.24. The summed E-state index contributed by atoms with van der Waals surface area (Å²) >= 11 is 6.12. The van der Waals surface area contributed by atoms with E-state index < -0.39 is 33.7 Å². The molecule has 1 aromatic rings. The molecular weight excluding hydrogens is 453 g/mol. The third-order valence-corrected chi connectivity index (χ3v) is 5.98. The fourth-order valence-corrected chi connectivity index (χ4v) is 3.53. The molecule has 1 heterocycles. The normalized spacial score (nSPS) is 14.8. The van der Waals surface area contributed by atoms with Gasteiger partial charge in [0.05, 0.1) is 16.2 Å². The highest BCUT2D eigenvalue weighted by atomic mass is 35.5. The molecule has 0 aliphatic rings. The maximum Gasteiger partial charge on any atom is 0.420 e. The monoisotopic (exact) mass is 480 g/mol. The predicted octanol–water partition coefficient (Wildman–Crippen LogP) is 5.29. The molecule has 0 aromatic carbocycles. The smallest absolute Gasteiger partial charge is 0.420 e. The van der Waals surface area contributed by atoms with Gasteiger partial charge in [-0.3, -0.25) is 0 Å². The lowest BCUT2D eigenvalue weighted by Gasteiger charge is -2.22. The van der Waals surface area contributed by atoms with E-state index in [1.54, 1.807) is 34.6 Å². The van der Waals surface area contributed by atoms with Crippen molar-refractivity contribution >= 4 is 28.3 Å². The molecule has 174 valence electrons. The Bertz CT molecular complexity index is 875. The zero-order valence-corrected chi connectivity index (χ0v) is 19.8. The summed E-state index contributed by atoms with van der Waals surface area (Å²) in [5.41, 5.74) is 0.498. The molecule has 0 aliphatic heterocycles.